The van der Waals surface area contributed by atoms with Crippen molar-refractivity contribution >= 4 is 18.4 Å². The molecule has 0 aliphatic rings. The first-order valence-corrected chi connectivity index (χ1v) is 8.62. The molecule has 0 amide bonds. The lowest BCUT2D eigenvalue weighted by Crippen LogP contribution is -2.40. The number of likely N-dealkylation sites (N-methyl/N-ethyl adjacent to an activating group) is 1. The molecule has 2 rings (SSSR count). The summed E-state index contributed by atoms with van der Waals surface area (Å²) in [6, 6.07) is 20.0. The fourth-order valence-electron chi connectivity index (χ4n) is 2.96. The van der Waals surface area contributed by atoms with E-state index in [0.29, 0.717) is 19.4 Å². The molecule has 0 saturated heterocycles. The van der Waals surface area contributed by atoms with Crippen molar-refractivity contribution in [2.75, 3.05) is 20.6 Å². The van der Waals surface area contributed by atoms with Crippen LogP contribution < -0.4 is 0 Å². The molecular weight excluding hydrogens is 346 g/mol. The first kappa shape index (κ1) is 21.9. The largest absolute Gasteiger partial charge is 0.449 e. The van der Waals surface area contributed by atoms with Crippen LogP contribution in [0.4, 0.5) is 0 Å². The predicted octanol–water partition coefficient (Wildman–Crippen LogP) is 4.62. The molecule has 0 aliphatic carbocycles. The van der Waals surface area contributed by atoms with E-state index in [1.54, 1.807) is 0 Å². The highest BCUT2D eigenvalue weighted by atomic mass is 35.5. The Bertz CT molecular complexity index is 701. The normalized spacial score (nSPS) is 12.8. The van der Waals surface area contributed by atoms with E-state index >= 15 is 0 Å². The van der Waals surface area contributed by atoms with E-state index in [2.05, 4.69) is 18.7 Å². The Balaban J connectivity index is 0.00000338. The summed E-state index contributed by atoms with van der Waals surface area (Å²) in [7, 11) is 3.98. The smallest absolute Gasteiger partial charge is 0.306 e. The third-order valence-electron chi connectivity index (χ3n) is 4.19. The highest BCUT2D eigenvalue weighted by Gasteiger charge is 2.39. The third kappa shape index (κ3) is 5.45. The molecule has 0 bridgehead atoms. The number of carbonyl (C=O) groups is 1. The highest BCUT2D eigenvalue weighted by molar-refractivity contribution is 5.85. The van der Waals surface area contributed by atoms with Gasteiger partial charge in [0.05, 0.1) is 0 Å². The second kappa shape index (κ2) is 10.1. The molecule has 4 heteroatoms. The van der Waals surface area contributed by atoms with Gasteiger partial charge in [0.1, 0.15) is 0 Å². The Labute approximate surface area is 163 Å². The number of nitrogens with zero attached hydrogens (tertiary/aromatic N) is 1. The maximum atomic E-state index is 12.3. The number of benzene rings is 2. The van der Waals surface area contributed by atoms with Crippen LogP contribution in [-0.4, -0.2) is 31.5 Å². The van der Waals surface area contributed by atoms with Crippen molar-refractivity contribution in [3.63, 3.8) is 0 Å². The zero-order valence-electron chi connectivity index (χ0n) is 15.8. The molecule has 0 fully saturated rings. The Hall–Kier alpha value is -2.10. The average Bonchev–Trinajstić information content (AvgIpc) is 2.62. The van der Waals surface area contributed by atoms with Crippen molar-refractivity contribution in [1.29, 1.82) is 0 Å². The van der Waals surface area contributed by atoms with Gasteiger partial charge < -0.3 is 9.64 Å². The molecule has 140 valence electrons. The van der Waals surface area contributed by atoms with Gasteiger partial charge in [0.2, 0.25) is 0 Å². The topological polar surface area (TPSA) is 29.5 Å². The molecule has 0 radical (unpaired) electrons. The van der Waals surface area contributed by atoms with E-state index in [4.69, 9.17) is 4.74 Å². The lowest BCUT2D eigenvalue weighted by atomic mass is 9.81. The number of rotatable bonds is 8. The number of esters is 1. The number of hydrogen-bond donors (Lipinski definition) is 0. The predicted molar refractivity (Wildman–Crippen MR) is 110 cm³/mol. The molecule has 1 atom stereocenters. The van der Waals surface area contributed by atoms with E-state index < -0.39 is 5.60 Å². The highest BCUT2D eigenvalue weighted by Crippen LogP contribution is 2.37. The van der Waals surface area contributed by atoms with Gasteiger partial charge in [0.15, 0.2) is 5.60 Å². The summed E-state index contributed by atoms with van der Waals surface area (Å²) in [6.07, 6.45) is 0.898. The summed E-state index contributed by atoms with van der Waals surface area (Å²) in [6.45, 7) is 6.76. The number of carbonyl (C=O) groups excluding carboxylic acids is 1. The van der Waals surface area contributed by atoms with Crippen LogP contribution in [0.2, 0.25) is 0 Å². The molecule has 3 nitrogen and oxygen atoms in total. The van der Waals surface area contributed by atoms with Crippen molar-refractivity contribution in [2.45, 2.75) is 25.4 Å². The second-order valence-electron chi connectivity index (χ2n) is 6.52. The van der Waals surface area contributed by atoms with Crippen molar-refractivity contribution in [1.82, 2.24) is 4.90 Å². The molecule has 0 aliphatic heterocycles. The monoisotopic (exact) mass is 373 g/mol. The van der Waals surface area contributed by atoms with Crippen LogP contribution in [0.3, 0.4) is 0 Å². The van der Waals surface area contributed by atoms with E-state index in [0.717, 1.165) is 16.7 Å². The molecule has 0 spiro atoms. The van der Waals surface area contributed by atoms with Crippen molar-refractivity contribution in [3.8, 4) is 0 Å². The summed E-state index contributed by atoms with van der Waals surface area (Å²) < 4.78 is 6.07. The fourth-order valence-corrected chi connectivity index (χ4v) is 2.96. The molecule has 2 aromatic carbocycles. The zero-order chi connectivity index (χ0) is 18.3. The summed E-state index contributed by atoms with van der Waals surface area (Å²) in [4.78, 5) is 14.4. The van der Waals surface area contributed by atoms with Gasteiger partial charge in [-0.15, -0.1) is 12.4 Å². The zero-order valence-corrected chi connectivity index (χ0v) is 16.6. The SMILES string of the molecule is C=C(CN(C)C)C(Cc1ccccc1)(OC(=O)CC)c1ccccc1.Cl. The van der Waals surface area contributed by atoms with Crippen molar-refractivity contribution < 1.29 is 9.53 Å². The van der Waals surface area contributed by atoms with E-state index in [1.165, 1.54) is 0 Å². The minimum atomic E-state index is -0.875. The maximum absolute atomic E-state index is 12.3. The maximum Gasteiger partial charge on any atom is 0.306 e. The Morgan fingerprint density at radius 2 is 1.58 bits per heavy atom. The van der Waals surface area contributed by atoms with E-state index in [-0.39, 0.29) is 18.4 Å². The summed E-state index contributed by atoms with van der Waals surface area (Å²) in [5, 5.41) is 0. The molecule has 1 unspecified atom stereocenters. The second-order valence-corrected chi connectivity index (χ2v) is 6.52. The van der Waals surface area contributed by atoms with Crippen LogP contribution >= 0.6 is 12.4 Å². The number of hydrogen-bond acceptors (Lipinski definition) is 3. The number of ether oxygens (including phenoxy) is 1. The fraction of sp³-hybridized carbons (Fsp3) is 0.318. The standard InChI is InChI=1S/C22H27NO2.ClH/c1-5-21(24)25-22(18(2)17-23(3)4,20-14-10-7-11-15-20)16-19-12-8-6-9-13-19;/h6-15H,2,5,16-17H2,1,3-4H3;1H. The third-order valence-corrected chi connectivity index (χ3v) is 4.19. The molecule has 2 aromatic rings. The van der Waals surface area contributed by atoms with Crippen LogP contribution in [0, 0.1) is 0 Å². The Morgan fingerprint density at radius 1 is 1.04 bits per heavy atom. The summed E-state index contributed by atoms with van der Waals surface area (Å²) in [5.41, 5.74) is 2.05. The van der Waals surface area contributed by atoms with Gasteiger partial charge in [-0.3, -0.25) is 4.79 Å². The summed E-state index contributed by atoms with van der Waals surface area (Å²) in [5.74, 6) is -0.223. The number of halogens is 1. The molecular formula is C22H28ClNO2. The van der Waals surface area contributed by atoms with Gasteiger partial charge in [-0.25, -0.2) is 0 Å². The van der Waals surface area contributed by atoms with Crippen molar-refractivity contribution in [2.24, 2.45) is 0 Å². The quantitative estimate of drug-likeness (QED) is 0.499. The molecule has 0 saturated carbocycles. The first-order valence-electron chi connectivity index (χ1n) is 8.62. The van der Waals surface area contributed by atoms with Gasteiger partial charge in [0, 0.05) is 24.9 Å². The van der Waals surface area contributed by atoms with E-state index in [1.807, 2.05) is 74.4 Å². The average molecular weight is 374 g/mol. The minimum absolute atomic E-state index is 0. The lowest BCUT2D eigenvalue weighted by Gasteiger charge is -2.37. The van der Waals surface area contributed by atoms with Gasteiger partial charge in [-0.1, -0.05) is 74.2 Å². The Kier molecular flexibility index (Phi) is 8.56. The van der Waals surface area contributed by atoms with Gasteiger partial charge in [-0.05, 0) is 25.2 Å². The van der Waals surface area contributed by atoms with Crippen LogP contribution in [0.5, 0.6) is 0 Å². The van der Waals surface area contributed by atoms with Gasteiger partial charge in [0.25, 0.3) is 0 Å². The minimum Gasteiger partial charge on any atom is -0.449 e. The van der Waals surface area contributed by atoms with E-state index in [9.17, 15) is 4.79 Å². The summed E-state index contributed by atoms with van der Waals surface area (Å²) >= 11 is 0. The van der Waals surface area contributed by atoms with Crippen LogP contribution in [0.15, 0.2) is 72.8 Å². The molecule has 26 heavy (non-hydrogen) atoms. The first-order chi connectivity index (χ1) is 12.0. The van der Waals surface area contributed by atoms with Crippen LogP contribution in [-0.2, 0) is 21.6 Å². The van der Waals surface area contributed by atoms with Gasteiger partial charge in [-0.2, -0.15) is 0 Å². The lowest BCUT2D eigenvalue weighted by molar-refractivity contribution is -0.157. The molecule has 0 aromatic heterocycles. The molecule has 0 heterocycles. The molecule has 0 N–H and O–H groups in total. The van der Waals surface area contributed by atoms with Gasteiger partial charge >= 0.3 is 5.97 Å². The van der Waals surface area contributed by atoms with Crippen LogP contribution in [0.25, 0.3) is 0 Å². The van der Waals surface area contributed by atoms with Crippen LogP contribution in [0.1, 0.15) is 24.5 Å². The van der Waals surface area contributed by atoms with Crippen molar-refractivity contribution in [3.05, 3.63) is 83.9 Å². The Morgan fingerprint density at radius 3 is 2.08 bits per heavy atom.